The lowest BCUT2D eigenvalue weighted by Gasteiger charge is -2.43. The van der Waals surface area contributed by atoms with E-state index in [1.54, 1.807) is 0 Å². The minimum absolute atomic E-state index is 0.111. The Hall–Kier alpha value is -0.730. The molecule has 0 aromatic rings. The zero-order valence-electron chi connectivity index (χ0n) is 10.0. The number of aliphatic imine (C=N–C) groups is 1. The summed E-state index contributed by atoms with van der Waals surface area (Å²) >= 11 is 0. The first-order chi connectivity index (χ1) is 6.43. The monoisotopic (exact) mass is 197 g/mol. The molecule has 2 N–H and O–H groups in total. The van der Waals surface area contributed by atoms with Gasteiger partial charge in [-0.15, -0.1) is 0 Å². The van der Waals surface area contributed by atoms with Crippen molar-refractivity contribution in [3.63, 3.8) is 0 Å². The van der Waals surface area contributed by atoms with Gasteiger partial charge in [-0.3, -0.25) is 4.99 Å². The lowest BCUT2D eigenvalue weighted by Crippen LogP contribution is -2.56. The molecule has 0 aliphatic carbocycles. The van der Waals surface area contributed by atoms with Crippen LogP contribution in [0.3, 0.4) is 0 Å². The van der Waals surface area contributed by atoms with Gasteiger partial charge in [-0.05, 0) is 26.2 Å². The predicted molar refractivity (Wildman–Crippen MR) is 61.3 cm³/mol. The van der Waals surface area contributed by atoms with Gasteiger partial charge >= 0.3 is 0 Å². The topological polar surface area (TPSA) is 41.6 Å². The summed E-state index contributed by atoms with van der Waals surface area (Å²) < 4.78 is 0. The molecule has 2 unspecified atom stereocenters. The molecule has 0 spiro atoms. The summed E-state index contributed by atoms with van der Waals surface area (Å²) in [6, 6.07) is 0.480. The van der Waals surface area contributed by atoms with Crippen molar-refractivity contribution >= 4 is 5.96 Å². The van der Waals surface area contributed by atoms with Crippen LogP contribution in [-0.4, -0.2) is 29.0 Å². The Morgan fingerprint density at radius 3 is 2.50 bits per heavy atom. The van der Waals surface area contributed by atoms with Crippen molar-refractivity contribution in [1.82, 2.24) is 4.90 Å². The molecule has 0 radical (unpaired) electrons. The minimum Gasteiger partial charge on any atom is -0.370 e. The molecule has 1 rings (SSSR count). The van der Waals surface area contributed by atoms with E-state index in [-0.39, 0.29) is 5.54 Å². The van der Waals surface area contributed by atoms with Gasteiger partial charge in [-0.25, -0.2) is 0 Å². The molecular weight excluding hydrogens is 174 g/mol. The van der Waals surface area contributed by atoms with Gasteiger partial charge in [0.1, 0.15) is 0 Å². The number of nitrogens with two attached hydrogens (primary N) is 1. The second-order valence-electron chi connectivity index (χ2n) is 4.81. The van der Waals surface area contributed by atoms with Crippen molar-refractivity contribution in [1.29, 1.82) is 0 Å². The number of hydrogen-bond donors (Lipinski definition) is 1. The summed E-state index contributed by atoms with van der Waals surface area (Å²) in [5, 5.41) is 0. The van der Waals surface area contributed by atoms with Gasteiger partial charge in [0.15, 0.2) is 5.96 Å². The van der Waals surface area contributed by atoms with E-state index < -0.39 is 0 Å². The van der Waals surface area contributed by atoms with Crippen molar-refractivity contribution in [2.75, 3.05) is 6.54 Å². The molecule has 0 fully saturated rings. The molecule has 0 amide bonds. The lowest BCUT2D eigenvalue weighted by molar-refractivity contribution is 0.121. The third-order valence-corrected chi connectivity index (χ3v) is 3.63. The molecular formula is C11H23N3. The van der Waals surface area contributed by atoms with Crippen LogP contribution in [0, 0.1) is 5.92 Å². The molecule has 0 saturated heterocycles. The maximum atomic E-state index is 5.94. The van der Waals surface area contributed by atoms with Crippen LogP contribution in [0.25, 0.3) is 0 Å². The van der Waals surface area contributed by atoms with Gasteiger partial charge in [-0.1, -0.05) is 20.8 Å². The van der Waals surface area contributed by atoms with Crippen molar-refractivity contribution in [2.24, 2.45) is 16.6 Å². The SMILES string of the molecule is CCC(C)N1C(N)=NCC1(C)C(C)C. The highest BCUT2D eigenvalue weighted by atomic mass is 15.4. The van der Waals surface area contributed by atoms with E-state index in [1.807, 2.05) is 0 Å². The normalized spacial score (nSPS) is 29.6. The molecule has 3 nitrogen and oxygen atoms in total. The first-order valence-electron chi connectivity index (χ1n) is 5.52. The zero-order chi connectivity index (χ0) is 10.9. The number of nitrogens with zero attached hydrogens (tertiary/aromatic N) is 2. The summed E-state index contributed by atoms with van der Waals surface area (Å²) in [5.74, 6) is 1.29. The van der Waals surface area contributed by atoms with Crippen molar-refractivity contribution in [2.45, 2.75) is 52.6 Å². The second-order valence-corrected chi connectivity index (χ2v) is 4.81. The Kier molecular flexibility index (Phi) is 3.07. The lowest BCUT2D eigenvalue weighted by atomic mass is 9.86. The van der Waals surface area contributed by atoms with Crippen LogP contribution in [0.4, 0.5) is 0 Å². The third-order valence-electron chi connectivity index (χ3n) is 3.63. The Morgan fingerprint density at radius 2 is 2.07 bits per heavy atom. The summed E-state index contributed by atoms with van der Waals surface area (Å²) in [5.41, 5.74) is 6.06. The summed E-state index contributed by atoms with van der Waals surface area (Å²) in [7, 11) is 0. The molecule has 0 saturated carbocycles. The van der Waals surface area contributed by atoms with Crippen LogP contribution in [0.5, 0.6) is 0 Å². The Morgan fingerprint density at radius 1 is 1.50 bits per heavy atom. The van der Waals surface area contributed by atoms with E-state index in [4.69, 9.17) is 5.73 Å². The van der Waals surface area contributed by atoms with E-state index in [0.717, 1.165) is 18.9 Å². The summed E-state index contributed by atoms with van der Waals surface area (Å²) in [4.78, 5) is 6.67. The molecule has 0 bridgehead atoms. The molecule has 1 heterocycles. The van der Waals surface area contributed by atoms with Gasteiger partial charge in [0.25, 0.3) is 0 Å². The maximum Gasteiger partial charge on any atom is 0.192 e. The first-order valence-corrected chi connectivity index (χ1v) is 5.52. The molecule has 0 aromatic carbocycles. The number of rotatable bonds is 3. The van der Waals surface area contributed by atoms with Gasteiger partial charge in [0.2, 0.25) is 0 Å². The van der Waals surface area contributed by atoms with Crippen molar-refractivity contribution in [3.05, 3.63) is 0 Å². The largest absolute Gasteiger partial charge is 0.370 e. The van der Waals surface area contributed by atoms with Crippen LogP contribution in [0.1, 0.15) is 41.0 Å². The molecule has 14 heavy (non-hydrogen) atoms. The Labute approximate surface area is 87.4 Å². The van der Waals surface area contributed by atoms with Crippen molar-refractivity contribution < 1.29 is 0 Å². The van der Waals surface area contributed by atoms with Crippen LogP contribution < -0.4 is 5.73 Å². The van der Waals surface area contributed by atoms with Crippen LogP contribution in [-0.2, 0) is 0 Å². The van der Waals surface area contributed by atoms with E-state index >= 15 is 0 Å². The number of hydrogen-bond acceptors (Lipinski definition) is 3. The fourth-order valence-electron chi connectivity index (χ4n) is 2.03. The van der Waals surface area contributed by atoms with Crippen LogP contribution in [0.15, 0.2) is 4.99 Å². The van der Waals surface area contributed by atoms with Gasteiger partial charge < -0.3 is 10.6 Å². The fourth-order valence-corrected chi connectivity index (χ4v) is 2.03. The van der Waals surface area contributed by atoms with Crippen LogP contribution >= 0.6 is 0 Å². The van der Waals surface area contributed by atoms with E-state index in [0.29, 0.717) is 12.0 Å². The Balaban J connectivity index is 2.91. The number of guanidine groups is 1. The van der Waals surface area contributed by atoms with E-state index in [1.165, 1.54) is 0 Å². The minimum atomic E-state index is 0.111. The quantitative estimate of drug-likeness (QED) is 0.750. The fraction of sp³-hybridized carbons (Fsp3) is 0.909. The summed E-state index contributed by atoms with van der Waals surface area (Å²) in [6.07, 6.45) is 1.11. The second kappa shape index (κ2) is 3.79. The molecule has 1 aliphatic rings. The highest BCUT2D eigenvalue weighted by Crippen LogP contribution is 2.31. The molecule has 1 aliphatic heterocycles. The van der Waals surface area contributed by atoms with E-state index in [2.05, 4.69) is 44.5 Å². The van der Waals surface area contributed by atoms with Gasteiger partial charge in [-0.2, -0.15) is 0 Å². The molecule has 2 atom stereocenters. The molecule has 0 aromatic heterocycles. The molecule has 82 valence electrons. The van der Waals surface area contributed by atoms with Gasteiger partial charge in [0.05, 0.1) is 12.1 Å². The van der Waals surface area contributed by atoms with Crippen molar-refractivity contribution in [3.8, 4) is 0 Å². The third kappa shape index (κ3) is 1.60. The van der Waals surface area contributed by atoms with E-state index in [9.17, 15) is 0 Å². The predicted octanol–water partition coefficient (Wildman–Crippen LogP) is 1.83. The zero-order valence-corrected chi connectivity index (χ0v) is 10.0. The summed E-state index contributed by atoms with van der Waals surface area (Å²) in [6.45, 7) is 12.0. The first kappa shape index (κ1) is 11.3. The average molecular weight is 197 g/mol. The maximum absolute atomic E-state index is 5.94. The molecule has 3 heteroatoms. The van der Waals surface area contributed by atoms with Crippen LogP contribution in [0.2, 0.25) is 0 Å². The Bertz CT molecular complexity index is 235. The average Bonchev–Trinajstić information content (AvgIpc) is 2.43. The highest BCUT2D eigenvalue weighted by molar-refractivity contribution is 5.81. The highest BCUT2D eigenvalue weighted by Gasteiger charge is 2.42. The smallest absolute Gasteiger partial charge is 0.192 e. The standard InChI is InChI=1S/C11H23N3/c1-6-9(4)14-10(12)13-7-11(14,5)8(2)3/h8-9H,6-7H2,1-5H3,(H2,12,13). The van der Waals surface area contributed by atoms with Gasteiger partial charge in [0, 0.05) is 6.04 Å².